The second-order valence-corrected chi connectivity index (χ2v) is 5.06. The van der Waals surface area contributed by atoms with Gasteiger partial charge < -0.3 is 10.3 Å². The van der Waals surface area contributed by atoms with Crippen LogP contribution < -0.4 is 11.3 Å². The Labute approximate surface area is 107 Å². The fraction of sp³-hybridized carbons (Fsp3) is 0.400. The Morgan fingerprint density at radius 1 is 1.22 bits per heavy atom. The van der Waals surface area contributed by atoms with Crippen molar-refractivity contribution < 1.29 is 0 Å². The number of nitrogens with two attached hydrogens (primary N) is 1. The van der Waals surface area contributed by atoms with Gasteiger partial charge in [-0.25, -0.2) is 0 Å². The average Bonchev–Trinajstić information content (AvgIpc) is 2.36. The van der Waals surface area contributed by atoms with Gasteiger partial charge in [-0.2, -0.15) is 0 Å². The van der Waals surface area contributed by atoms with E-state index in [1.165, 1.54) is 0 Å². The molecule has 1 aromatic heterocycles. The van der Waals surface area contributed by atoms with E-state index in [9.17, 15) is 4.79 Å². The summed E-state index contributed by atoms with van der Waals surface area (Å²) in [6.07, 6.45) is 0. The first-order chi connectivity index (χ1) is 8.56. The summed E-state index contributed by atoms with van der Waals surface area (Å²) in [5.41, 5.74) is 7.58. The Balaban J connectivity index is 2.84. The lowest BCUT2D eigenvalue weighted by Gasteiger charge is -2.18. The average molecular weight is 244 g/mol. The Hall–Kier alpha value is -1.61. The van der Waals surface area contributed by atoms with E-state index in [2.05, 4.69) is 0 Å². The first-order valence-electron chi connectivity index (χ1n) is 6.40. The van der Waals surface area contributed by atoms with Crippen molar-refractivity contribution in [3.8, 4) is 0 Å². The molecule has 2 N–H and O–H groups in total. The first kappa shape index (κ1) is 12.8. The molecule has 0 aliphatic heterocycles. The lowest BCUT2D eigenvalue weighted by molar-refractivity contribution is 0.589. The Morgan fingerprint density at radius 2 is 1.89 bits per heavy atom. The molecule has 3 nitrogen and oxygen atoms in total. The molecule has 1 atom stereocenters. The van der Waals surface area contributed by atoms with E-state index in [-0.39, 0.29) is 17.5 Å². The summed E-state index contributed by atoms with van der Waals surface area (Å²) in [6, 6.07) is 10.1. The molecule has 1 aromatic carbocycles. The summed E-state index contributed by atoms with van der Waals surface area (Å²) in [5, 5.41) is 1.10. The van der Waals surface area contributed by atoms with Crippen molar-refractivity contribution in [3.05, 3.63) is 46.2 Å². The highest BCUT2D eigenvalue weighted by atomic mass is 16.1. The number of fused-ring (bicyclic) bond motifs is 1. The first-order valence-corrected chi connectivity index (χ1v) is 6.40. The largest absolute Gasteiger partial charge is 0.330 e. The number of hydrogen-bond acceptors (Lipinski definition) is 2. The summed E-state index contributed by atoms with van der Waals surface area (Å²) < 4.78 is 1.86. The highest BCUT2D eigenvalue weighted by Gasteiger charge is 2.14. The SMILES string of the molecule is CC(CN)c1cc2ccccc2n(C(C)C)c1=O. The number of rotatable bonds is 3. The van der Waals surface area contributed by atoms with Gasteiger partial charge in [0, 0.05) is 11.6 Å². The number of aromatic nitrogens is 1. The minimum Gasteiger partial charge on any atom is -0.330 e. The highest BCUT2D eigenvalue weighted by molar-refractivity contribution is 5.79. The van der Waals surface area contributed by atoms with E-state index in [1.54, 1.807) is 0 Å². The second-order valence-electron chi connectivity index (χ2n) is 5.06. The molecule has 0 bridgehead atoms. The van der Waals surface area contributed by atoms with E-state index in [4.69, 9.17) is 5.73 Å². The molecule has 1 heterocycles. The van der Waals surface area contributed by atoms with Crippen LogP contribution in [0.15, 0.2) is 35.1 Å². The molecular formula is C15H20N2O. The van der Waals surface area contributed by atoms with Gasteiger partial charge in [-0.05, 0) is 43.8 Å². The molecule has 0 spiro atoms. The lowest BCUT2D eigenvalue weighted by Crippen LogP contribution is -2.28. The van der Waals surface area contributed by atoms with Gasteiger partial charge in [0.05, 0.1) is 5.52 Å². The summed E-state index contributed by atoms with van der Waals surface area (Å²) in [4.78, 5) is 12.5. The monoisotopic (exact) mass is 244 g/mol. The van der Waals surface area contributed by atoms with Gasteiger partial charge >= 0.3 is 0 Å². The Morgan fingerprint density at radius 3 is 2.50 bits per heavy atom. The molecule has 0 radical (unpaired) electrons. The summed E-state index contributed by atoms with van der Waals surface area (Å²) in [5.74, 6) is 0.0899. The molecule has 0 saturated carbocycles. The van der Waals surface area contributed by atoms with Crippen LogP contribution in [-0.2, 0) is 0 Å². The number of pyridine rings is 1. The quantitative estimate of drug-likeness (QED) is 0.902. The molecule has 96 valence electrons. The van der Waals surface area contributed by atoms with E-state index in [0.717, 1.165) is 16.5 Å². The maximum Gasteiger partial charge on any atom is 0.254 e. The fourth-order valence-electron chi connectivity index (χ4n) is 2.30. The van der Waals surface area contributed by atoms with Crippen LogP contribution in [0.1, 0.15) is 38.3 Å². The minimum absolute atomic E-state index is 0.0849. The van der Waals surface area contributed by atoms with Crippen molar-refractivity contribution in [3.63, 3.8) is 0 Å². The number of benzene rings is 1. The maximum atomic E-state index is 12.5. The standard InChI is InChI=1S/C15H20N2O/c1-10(2)17-14-7-5-4-6-12(14)8-13(15(17)18)11(3)9-16/h4-8,10-11H,9,16H2,1-3H3. The van der Waals surface area contributed by atoms with Crippen LogP contribution in [0.4, 0.5) is 0 Å². The van der Waals surface area contributed by atoms with Crippen molar-refractivity contribution >= 4 is 10.9 Å². The molecule has 18 heavy (non-hydrogen) atoms. The third-order valence-corrected chi connectivity index (χ3v) is 3.37. The summed E-state index contributed by atoms with van der Waals surface area (Å²) in [6.45, 7) is 6.55. The van der Waals surface area contributed by atoms with E-state index < -0.39 is 0 Å². The number of nitrogens with zero attached hydrogens (tertiary/aromatic N) is 1. The summed E-state index contributed by atoms with van der Waals surface area (Å²) >= 11 is 0. The van der Waals surface area contributed by atoms with Gasteiger partial charge in [0.1, 0.15) is 0 Å². The zero-order valence-electron chi connectivity index (χ0n) is 11.2. The van der Waals surface area contributed by atoms with Gasteiger partial charge in [-0.15, -0.1) is 0 Å². The van der Waals surface area contributed by atoms with Crippen molar-refractivity contribution in [2.75, 3.05) is 6.54 Å². The highest BCUT2D eigenvalue weighted by Crippen LogP contribution is 2.20. The van der Waals surface area contributed by atoms with Crippen LogP contribution in [0.25, 0.3) is 10.9 Å². The molecule has 0 saturated heterocycles. The lowest BCUT2D eigenvalue weighted by atomic mass is 10.0. The molecule has 0 aliphatic carbocycles. The van der Waals surface area contributed by atoms with Gasteiger partial charge in [-0.3, -0.25) is 4.79 Å². The molecule has 2 aromatic rings. The van der Waals surface area contributed by atoms with Gasteiger partial charge in [0.15, 0.2) is 0 Å². The zero-order chi connectivity index (χ0) is 13.3. The molecule has 2 rings (SSSR count). The second kappa shape index (κ2) is 4.94. The zero-order valence-corrected chi connectivity index (χ0v) is 11.2. The van der Waals surface area contributed by atoms with Crippen molar-refractivity contribution in [2.24, 2.45) is 5.73 Å². The van der Waals surface area contributed by atoms with Crippen molar-refractivity contribution in [1.29, 1.82) is 0 Å². The molecule has 0 aliphatic rings. The number of hydrogen-bond donors (Lipinski definition) is 1. The van der Waals surface area contributed by atoms with E-state index in [0.29, 0.717) is 6.54 Å². The molecule has 1 unspecified atom stereocenters. The third-order valence-electron chi connectivity index (χ3n) is 3.37. The summed E-state index contributed by atoms with van der Waals surface area (Å²) in [7, 11) is 0. The van der Waals surface area contributed by atoms with Crippen LogP contribution in [0.5, 0.6) is 0 Å². The molecule has 3 heteroatoms. The fourth-order valence-corrected chi connectivity index (χ4v) is 2.30. The molecule has 0 fully saturated rings. The normalized spacial score (nSPS) is 13.2. The predicted molar refractivity (Wildman–Crippen MR) is 76.1 cm³/mol. The number of para-hydroxylation sites is 1. The van der Waals surface area contributed by atoms with E-state index in [1.807, 2.05) is 55.7 Å². The van der Waals surface area contributed by atoms with Crippen LogP contribution in [0.2, 0.25) is 0 Å². The van der Waals surface area contributed by atoms with Gasteiger partial charge in [-0.1, -0.05) is 25.1 Å². The Bertz CT molecular complexity index is 613. The van der Waals surface area contributed by atoms with Crippen LogP contribution >= 0.6 is 0 Å². The van der Waals surface area contributed by atoms with Crippen LogP contribution in [0, 0.1) is 0 Å². The smallest absolute Gasteiger partial charge is 0.254 e. The van der Waals surface area contributed by atoms with Gasteiger partial charge in [0.25, 0.3) is 5.56 Å². The molecular weight excluding hydrogens is 224 g/mol. The third kappa shape index (κ3) is 2.06. The van der Waals surface area contributed by atoms with Crippen LogP contribution in [-0.4, -0.2) is 11.1 Å². The van der Waals surface area contributed by atoms with Gasteiger partial charge in [0.2, 0.25) is 0 Å². The Kier molecular flexibility index (Phi) is 3.53. The predicted octanol–water partition coefficient (Wildman–Crippen LogP) is 2.64. The maximum absolute atomic E-state index is 12.5. The van der Waals surface area contributed by atoms with Crippen molar-refractivity contribution in [1.82, 2.24) is 4.57 Å². The van der Waals surface area contributed by atoms with Crippen molar-refractivity contribution in [2.45, 2.75) is 32.7 Å². The van der Waals surface area contributed by atoms with E-state index >= 15 is 0 Å². The topological polar surface area (TPSA) is 48.0 Å². The minimum atomic E-state index is 0.0849. The molecule has 0 amide bonds. The van der Waals surface area contributed by atoms with Crippen LogP contribution in [0.3, 0.4) is 0 Å².